The number of fused-ring (bicyclic) bond motifs is 1. The van der Waals surface area contributed by atoms with Gasteiger partial charge in [-0.15, -0.1) is 0 Å². The van der Waals surface area contributed by atoms with Crippen molar-refractivity contribution in [2.45, 2.75) is 32.4 Å². The first-order valence-electron chi connectivity index (χ1n) is 7.35. The van der Waals surface area contributed by atoms with E-state index < -0.39 is 0 Å². The first-order valence-corrected chi connectivity index (χ1v) is 7.35. The third kappa shape index (κ3) is 3.11. The Morgan fingerprint density at radius 2 is 2.10 bits per heavy atom. The second kappa shape index (κ2) is 6.06. The van der Waals surface area contributed by atoms with Gasteiger partial charge in [-0.25, -0.2) is 4.98 Å². The Morgan fingerprint density at radius 1 is 1.19 bits per heavy atom. The molecule has 4 heteroatoms. The van der Waals surface area contributed by atoms with Crippen molar-refractivity contribution >= 4 is 10.9 Å². The lowest BCUT2D eigenvalue weighted by molar-refractivity contribution is 0.597. The van der Waals surface area contributed by atoms with E-state index in [0.29, 0.717) is 0 Å². The second-order valence-corrected chi connectivity index (χ2v) is 5.37. The van der Waals surface area contributed by atoms with E-state index in [1.165, 1.54) is 10.9 Å². The zero-order valence-corrected chi connectivity index (χ0v) is 12.2. The van der Waals surface area contributed by atoms with Gasteiger partial charge in [0.25, 0.3) is 0 Å². The lowest BCUT2D eigenvalue weighted by atomic mass is 10.1. The van der Waals surface area contributed by atoms with Crippen LogP contribution < -0.4 is 5.73 Å². The number of hydrogen-bond donors (Lipinski definition) is 1. The minimum absolute atomic E-state index is 0.173. The van der Waals surface area contributed by atoms with Gasteiger partial charge >= 0.3 is 0 Å². The highest BCUT2D eigenvalue weighted by atomic mass is 15.1. The number of imidazole rings is 1. The Hall–Kier alpha value is -2.20. The topological polar surface area (TPSA) is 56.7 Å². The van der Waals surface area contributed by atoms with Gasteiger partial charge in [-0.3, -0.25) is 4.98 Å². The number of aromatic nitrogens is 3. The molecule has 4 nitrogen and oxygen atoms in total. The van der Waals surface area contributed by atoms with E-state index in [-0.39, 0.29) is 6.04 Å². The van der Waals surface area contributed by atoms with Gasteiger partial charge in [-0.2, -0.15) is 0 Å². The molecule has 0 aliphatic heterocycles. The summed E-state index contributed by atoms with van der Waals surface area (Å²) >= 11 is 0. The fraction of sp³-hybridized carbons (Fsp3) is 0.294. The van der Waals surface area contributed by atoms with Crippen molar-refractivity contribution in [2.75, 3.05) is 0 Å². The third-order valence-corrected chi connectivity index (χ3v) is 3.79. The summed E-state index contributed by atoms with van der Waals surface area (Å²) in [5, 5.41) is 1.17. The molecule has 2 aromatic heterocycles. The van der Waals surface area contributed by atoms with E-state index in [2.05, 4.69) is 45.7 Å². The molecule has 2 heterocycles. The minimum Gasteiger partial charge on any atom is -0.330 e. The van der Waals surface area contributed by atoms with Gasteiger partial charge in [0.2, 0.25) is 0 Å². The van der Waals surface area contributed by atoms with Crippen LogP contribution in [0.25, 0.3) is 10.9 Å². The lowest BCUT2D eigenvalue weighted by Gasteiger charge is -2.12. The maximum absolute atomic E-state index is 6.04. The summed E-state index contributed by atoms with van der Waals surface area (Å²) in [6, 6.07) is 10.6. The Labute approximate surface area is 124 Å². The Kier molecular flexibility index (Phi) is 3.97. The normalized spacial score (nSPS) is 12.7. The fourth-order valence-corrected chi connectivity index (χ4v) is 2.47. The van der Waals surface area contributed by atoms with E-state index in [1.54, 1.807) is 0 Å². The van der Waals surface area contributed by atoms with E-state index >= 15 is 0 Å². The average molecular weight is 280 g/mol. The zero-order valence-electron chi connectivity index (χ0n) is 12.2. The number of benzene rings is 1. The monoisotopic (exact) mass is 280 g/mol. The molecule has 0 spiro atoms. The van der Waals surface area contributed by atoms with Crippen LogP contribution in [0.1, 0.15) is 24.7 Å². The summed E-state index contributed by atoms with van der Waals surface area (Å²) in [5.41, 5.74) is 8.32. The summed E-state index contributed by atoms with van der Waals surface area (Å²) < 4.78 is 2.17. The first-order chi connectivity index (χ1) is 10.3. The van der Waals surface area contributed by atoms with Crippen molar-refractivity contribution < 1.29 is 0 Å². The fourth-order valence-electron chi connectivity index (χ4n) is 2.47. The summed E-state index contributed by atoms with van der Waals surface area (Å²) in [5.74, 6) is 1.05. The summed E-state index contributed by atoms with van der Waals surface area (Å²) in [4.78, 5) is 8.78. The van der Waals surface area contributed by atoms with E-state index in [4.69, 9.17) is 5.73 Å². The Morgan fingerprint density at radius 3 is 2.95 bits per heavy atom. The highest BCUT2D eigenvalue weighted by molar-refractivity contribution is 5.78. The van der Waals surface area contributed by atoms with E-state index in [1.807, 2.05) is 24.7 Å². The van der Waals surface area contributed by atoms with Gasteiger partial charge in [0, 0.05) is 43.0 Å². The van der Waals surface area contributed by atoms with Crippen LogP contribution in [-0.4, -0.2) is 20.6 Å². The smallest absolute Gasteiger partial charge is 0.110 e. The quantitative estimate of drug-likeness (QED) is 0.782. The summed E-state index contributed by atoms with van der Waals surface area (Å²) in [6.45, 7) is 2.92. The summed E-state index contributed by atoms with van der Waals surface area (Å²) in [7, 11) is 0. The average Bonchev–Trinajstić information content (AvgIpc) is 2.94. The highest BCUT2D eigenvalue weighted by Gasteiger charge is 2.08. The third-order valence-electron chi connectivity index (χ3n) is 3.79. The van der Waals surface area contributed by atoms with Crippen LogP contribution in [0.2, 0.25) is 0 Å². The summed E-state index contributed by atoms with van der Waals surface area (Å²) in [6.07, 6.45) is 7.47. The Balaban J connectivity index is 1.83. The van der Waals surface area contributed by atoms with Crippen molar-refractivity contribution in [1.29, 1.82) is 0 Å². The number of nitrogens with two attached hydrogens (primary N) is 1. The van der Waals surface area contributed by atoms with E-state index in [0.717, 1.165) is 30.7 Å². The molecule has 0 aliphatic rings. The largest absolute Gasteiger partial charge is 0.330 e. The molecule has 108 valence electrons. The van der Waals surface area contributed by atoms with Gasteiger partial charge in [-0.1, -0.05) is 19.1 Å². The van der Waals surface area contributed by atoms with Crippen LogP contribution in [0.15, 0.2) is 48.9 Å². The van der Waals surface area contributed by atoms with E-state index in [9.17, 15) is 0 Å². The molecular formula is C17H20N4. The second-order valence-electron chi connectivity index (χ2n) is 5.37. The van der Waals surface area contributed by atoms with Gasteiger partial charge in [-0.05, 0) is 30.2 Å². The molecular weight excluding hydrogens is 260 g/mol. The highest BCUT2D eigenvalue weighted by Crippen LogP contribution is 2.15. The van der Waals surface area contributed by atoms with Gasteiger partial charge in [0.05, 0.1) is 5.52 Å². The molecule has 0 saturated carbocycles. The minimum atomic E-state index is 0.173. The van der Waals surface area contributed by atoms with Crippen LogP contribution in [0.5, 0.6) is 0 Å². The van der Waals surface area contributed by atoms with Crippen LogP contribution in [0.4, 0.5) is 0 Å². The predicted molar refractivity (Wildman–Crippen MR) is 85.0 cm³/mol. The van der Waals surface area contributed by atoms with Crippen LogP contribution in [-0.2, 0) is 13.0 Å². The molecule has 0 fully saturated rings. The molecule has 21 heavy (non-hydrogen) atoms. The molecule has 0 amide bonds. The van der Waals surface area contributed by atoms with Crippen LogP contribution >= 0.6 is 0 Å². The molecule has 0 aliphatic carbocycles. The number of pyridine rings is 1. The van der Waals surface area contributed by atoms with Crippen molar-refractivity contribution in [3.63, 3.8) is 0 Å². The van der Waals surface area contributed by atoms with Crippen LogP contribution in [0, 0.1) is 0 Å². The zero-order chi connectivity index (χ0) is 14.7. The number of nitrogens with zero attached hydrogens (tertiary/aromatic N) is 3. The van der Waals surface area contributed by atoms with Crippen molar-refractivity contribution in [1.82, 2.24) is 14.5 Å². The van der Waals surface area contributed by atoms with Crippen molar-refractivity contribution in [3.8, 4) is 0 Å². The maximum atomic E-state index is 6.04. The number of rotatable bonds is 5. The van der Waals surface area contributed by atoms with Gasteiger partial charge in [0.1, 0.15) is 5.82 Å². The maximum Gasteiger partial charge on any atom is 0.110 e. The molecule has 3 aromatic rings. The van der Waals surface area contributed by atoms with Crippen molar-refractivity contribution in [3.05, 3.63) is 60.3 Å². The molecule has 1 atom stereocenters. The number of hydrogen-bond acceptors (Lipinski definition) is 3. The molecule has 2 N–H and O–H groups in total. The standard InChI is InChI=1S/C17H20N4/c1-2-15(18)11-17-20-8-9-21(17)12-13-5-6-16-14(10-13)4-3-7-19-16/h3-10,15H,2,11-12,18H2,1H3. The first kappa shape index (κ1) is 13.8. The predicted octanol–water partition coefficient (Wildman–Crippen LogP) is 2.76. The Bertz CT molecular complexity index is 732. The molecule has 1 unspecified atom stereocenters. The van der Waals surface area contributed by atoms with Crippen LogP contribution in [0.3, 0.4) is 0 Å². The van der Waals surface area contributed by atoms with Crippen molar-refractivity contribution in [2.24, 2.45) is 5.73 Å². The van der Waals surface area contributed by atoms with Gasteiger partial charge in [0.15, 0.2) is 0 Å². The molecule has 0 radical (unpaired) electrons. The molecule has 0 saturated heterocycles. The molecule has 1 aromatic carbocycles. The lowest BCUT2D eigenvalue weighted by Crippen LogP contribution is -2.23. The molecule has 3 rings (SSSR count). The van der Waals surface area contributed by atoms with Gasteiger partial charge < -0.3 is 10.3 Å². The molecule has 0 bridgehead atoms. The SMILES string of the molecule is CCC(N)Cc1nccn1Cc1ccc2ncccc2c1.